The molecule has 3 rings (SSSR count). The second-order valence-corrected chi connectivity index (χ2v) is 5.88. The lowest BCUT2D eigenvalue weighted by Gasteiger charge is -2.17. The molecule has 1 aromatic heterocycles. The van der Waals surface area contributed by atoms with Crippen molar-refractivity contribution in [3.8, 4) is 0 Å². The van der Waals surface area contributed by atoms with Gasteiger partial charge in [0.15, 0.2) is 0 Å². The smallest absolute Gasteiger partial charge is 0.341 e. The first kappa shape index (κ1) is 14.7. The lowest BCUT2D eigenvalue weighted by atomic mass is 9.89. The summed E-state index contributed by atoms with van der Waals surface area (Å²) in [4.78, 5) is 20.3. The summed E-state index contributed by atoms with van der Waals surface area (Å²) in [5.41, 5.74) is 3.30. The quantitative estimate of drug-likeness (QED) is 0.795. The van der Waals surface area contributed by atoms with Crippen LogP contribution in [0.1, 0.15) is 47.1 Å². The highest BCUT2D eigenvalue weighted by Crippen LogP contribution is 2.51. The zero-order chi connectivity index (χ0) is 15.6. The first-order chi connectivity index (χ1) is 10.6. The van der Waals surface area contributed by atoms with Crippen LogP contribution in [0.3, 0.4) is 0 Å². The molecule has 1 fully saturated rings. The molecule has 1 heterocycles. The number of aryl methyl sites for hydroxylation is 1. The Morgan fingerprint density at radius 1 is 1.23 bits per heavy atom. The van der Waals surface area contributed by atoms with E-state index in [4.69, 9.17) is 4.74 Å². The molecule has 0 radical (unpaired) electrons. The van der Waals surface area contributed by atoms with E-state index in [2.05, 4.69) is 41.2 Å². The lowest BCUT2D eigenvalue weighted by Crippen LogP contribution is -2.15. The van der Waals surface area contributed by atoms with E-state index in [1.54, 1.807) is 19.3 Å². The third kappa shape index (κ3) is 2.86. The Balaban J connectivity index is 1.76. The molecular formula is C18H20N2O2. The van der Waals surface area contributed by atoms with Crippen molar-refractivity contribution in [1.82, 2.24) is 9.97 Å². The molecule has 0 N–H and O–H groups in total. The van der Waals surface area contributed by atoms with Crippen LogP contribution in [-0.2, 0) is 16.6 Å². The molecule has 1 aliphatic rings. The van der Waals surface area contributed by atoms with Gasteiger partial charge in [0.1, 0.15) is 5.82 Å². The maximum absolute atomic E-state index is 11.6. The molecule has 0 aliphatic heterocycles. The molecule has 0 spiro atoms. The lowest BCUT2D eigenvalue weighted by molar-refractivity contribution is 0.0525. The normalized spacial score (nSPS) is 15.4. The highest BCUT2D eigenvalue weighted by atomic mass is 16.5. The first-order valence-corrected chi connectivity index (χ1v) is 7.69. The summed E-state index contributed by atoms with van der Waals surface area (Å²) in [6, 6.07) is 8.52. The van der Waals surface area contributed by atoms with Crippen LogP contribution in [0.5, 0.6) is 0 Å². The third-order valence-corrected chi connectivity index (χ3v) is 4.28. The Hall–Kier alpha value is -2.23. The monoisotopic (exact) mass is 296 g/mol. The number of benzene rings is 1. The van der Waals surface area contributed by atoms with Gasteiger partial charge in [0.05, 0.1) is 12.2 Å². The van der Waals surface area contributed by atoms with Crippen molar-refractivity contribution in [2.45, 2.75) is 38.5 Å². The Bertz CT molecular complexity index is 676. The number of rotatable bonds is 5. The van der Waals surface area contributed by atoms with Crippen LogP contribution >= 0.6 is 0 Å². The number of carbonyl (C=O) groups is 1. The topological polar surface area (TPSA) is 52.1 Å². The minimum atomic E-state index is -0.367. The largest absolute Gasteiger partial charge is 0.462 e. The van der Waals surface area contributed by atoms with Crippen molar-refractivity contribution < 1.29 is 9.53 Å². The standard InChI is InChI=1S/C18H20N2O2/c1-3-22-17(21)14-11-19-16(20-12-14)10-18(8-9-18)15-7-5-4-6-13(15)2/h4-7,11-12H,3,8-10H2,1-2H3. The van der Waals surface area contributed by atoms with E-state index < -0.39 is 0 Å². The zero-order valence-corrected chi connectivity index (χ0v) is 13.0. The van der Waals surface area contributed by atoms with Gasteiger partial charge >= 0.3 is 5.97 Å². The summed E-state index contributed by atoms with van der Waals surface area (Å²) >= 11 is 0. The summed E-state index contributed by atoms with van der Waals surface area (Å²) < 4.78 is 4.95. The number of hydrogen-bond acceptors (Lipinski definition) is 4. The summed E-state index contributed by atoms with van der Waals surface area (Å²) in [6.45, 7) is 4.29. The maximum Gasteiger partial charge on any atom is 0.341 e. The van der Waals surface area contributed by atoms with Crippen LogP contribution in [0.25, 0.3) is 0 Å². The highest BCUT2D eigenvalue weighted by Gasteiger charge is 2.45. The van der Waals surface area contributed by atoms with Crippen molar-refractivity contribution in [1.29, 1.82) is 0 Å². The van der Waals surface area contributed by atoms with E-state index in [-0.39, 0.29) is 11.4 Å². The van der Waals surface area contributed by atoms with E-state index in [1.165, 1.54) is 24.0 Å². The molecule has 1 aromatic carbocycles. The molecule has 0 unspecified atom stereocenters. The Kier molecular flexibility index (Phi) is 3.92. The minimum absolute atomic E-state index is 0.177. The molecule has 0 saturated heterocycles. The van der Waals surface area contributed by atoms with Gasteiger partial charge < -0.3 is 4.74 Å². The second-order valence-electron chi connectivity index (χ2n) is 5.88. The second kappa shape index (κ2) is 5.87. The van der Waals surface area contributed by atoms with Gasteiger partial charge in [-0.15, -0.1) is 0 Å². The first-order valence-electron chi connectivity index (χ1n) is 7.69. The fourth-order valence-corrected chi connectivity index (χ4v) is 2.93. The number of aromatic nitrogens is 2. The molecule has 114 valence electrons. The SMILES string of the molecule is CCOC(=O)c1cnc(CC2(c3ccccc3C)CC2)nc1. The van der Waals surface area contributed by atoms with Crippen molar-refractivity contribution in [2.75, 3.05) is 6.61 Å². The molecule has 1 saturated carbocycles. The minimum Gasteiger partial charge on any atom is -0.462 e. The fourth-order valence-electron chi connectivity index (χ4n) is 2.93. The van der Waals surface area contributed by atoms with Gasteiger partial charge in [0, 0.05) is 24.2 Å². The van der Waals surface area contributed by atoms with Crippen LogP contribution < -0.4 is 0 Å². The third-order valence-electron chi connectivity index (χ3n) is 4.28. The Morgan fingerprint density at radius 2 is 1.91 bits per heavy atom. The number of nitrogens with zero attached hydrogens (tertiary/aromatic N) is 2. The van der Waals surface area contributed by atoms with Crippen molar-refractivity contribution in [3.63, 3.8) is 0 Å². The predicted molar refractivity (Wildman–Crippen MR) is 83.8 cm³/mol. The van der Waals surface area contributed by atoms with Gasteiger partial charge in [-0.25, -0.2) is 14.8 Å². The van der Waals surface area contributed by atoms with E-state index >= 15 is 0 Å². The van der Waals surface area contributed by atoms with Gasteiger partial charge in [0.25, 0.3) is 0 Å². The van der Waals surface area contributed by atoms with E-state index in [0.29, 0.717) is 12.2 Å². The van der Waals surface area contributed by atoms with Gasteiger partial charge in [0.2, 0.25) is 0 Å². The molecule has 4 heteroatoms. The van der Waals surface area contributed by atoms with Gasteiger partial charge in [-0.05, 0) is 37.8 Å². The molecule has 4 nitrogen and oxygen atoms in total. The molecule has 0 atom stereocenters. The van der Waals surface area contributed by atoms with Crippen molar-refractivity contribution in [2.24, 2.45) is 0 Å². The summed E-state index contributed by atoms with van der Waals surface area (Å²) in [6.07, 6.45) is 6.28. The van der Waals surface area contributed by atoms with Crippen molar-refractivity contribution in [3.05, 3.63) is 59.2 Å². The number of hydrogen-bond donors (Lipinski definition) is 0. The average molecular weight is 296 g/mol. The molecular weight excluding hydrogens is 276 g/mol. The molecule has 1 aliphatic carbocycles. The number of ether oxygens (including phenoxy) is 1. The van der Waals surface area contributed by atoms with Crippen LogP contribution in [-0.4, -0.2) is 22.5 Å². The Labute approximate surface area is 130 Å². The van der Waals surface area contributed by atoms with Gasteiger partial charge in [-0.2, -0.15) is 0 Å². The fraction of sp³-hybridized carbons (Fsp3) is 0.389. The average Bonchev–Trinajstić information content (AvgIpc) is 3.29. The number of carbonyl (C=O) groups excluding carboxylic acids is 1. The molecule has 22 heavy (non-hydrogen) atoms. The maximum atomic E-state index is 11.6. The van der Waals surface area contributed by atoms with E-state index in [0.717, 1.165) is 12.2 Å². The summed E-state index contributed by atoms with van der Waals surface area (Å²) in [5, 5.41) is 0. The van der Waals surface area contributed by atoms with Gasteiger partial charge in [-0.1, -0.05) is 24.3 Å². The molecule has 0 amide bonds. The van der Waals surface area contributed by atoms with Gasteiger partial charge in [-0.3, -0.25) is 0 Å². The summed E-state index contributed by atoms with van der Waals surface area (Å²) in [7, 11) is 0. The van der Waals surface area contributed by atoms with Crippen LogP contribution in [0.4, 0.5) is 0 Å². The van der Waals surface area contributed by atoms with Crippen molar-refractivity contribution >= 4 is 5.97 Å². The Morgan fingerprint density at radius 3 is 2.50 bits per heavy atom. The van der Waals surface area contributed by atoms with Crippen LogP contribution in [0.2, 0.25) is 0 Å². The van der Waals surface area contributed by atoms with E-state index in [1.807, 2.05) is 0 Å². The van der Waals surface area contributed by atoms with Crippen LogP contribution in [0.15, 0.2) is 36.7 Å². The van der Waals surface area contributed by atoms with Crippen LogP contribution in [0, 0.1) is 6.92 Å². The highest BCUT2D eigenvalue weighted by molar-refractivity contribution is 5.88. The predicted octanol–water partition coefficient (Wildman–Crippen LogP) is 3.24. The molecule has 0 bridgehead atoms. The number of esters is 1. The molecule has 2 aromatic rings. The summed E-state index contributed by atoms with van der Waals surface area (Å²) in [5.74, 6) is 0.419. The zero-order valence-electron chi connectivity index (χ0n) is 13.0. The van der Waals surface area contributed by atoms with E-state index in [9.17, 15) is 4.79 Å².